The molecular weight excluding hydrogens is 304 g/mol. The molecule has 2 rings (SSSR count). The van der Waals surface area contributed by atoms with Crippen LogP contribution in [0.5, 0.6) is 5.75 Å². The van der Waals surface area contributed by atoms with Gasteiger partial charge >= 0.3 is 0 Å². The molecule has 2 N–H and O–H groups in total. The van der Waals surface area contributed by atoms with Gasteiger partial charge < -0.3 is 15.4 Å². The number of thiocarbonyl (C=S) groups is 1. The van der Waals surface area contributed by atoms with E-state index in [2.05, 4.69) is 10.6 Å². The number of hydrogen-bond donors (Lipinski definition) is 2. The summed E-state index contributed by atoms with van der Waals surface area (Å²) >= 11 is 11.4. The fourth-order valence-electron chi connectivity index (χ4n) is 1.79. The van der Waals surface area contributed by atoms with E-state index < -0.39 is 0 Å². The average molecular weight is 321 g/mol. The lowest BCUT2D eigenvalue weighted by molar-refractivity contribution is 0.340. The Labute approximate surface area is 135 Å². The van der Waals surface area contributed by atoms with Crippen molar-refractivity contribution < 1.29 is 4.74 Å². The summed E-state index contributed by atoms with van der Waals surface area (Å²) in [5.74, 6) is 0.845. The van der Waals surface area contributed by atoms with Gasteiger partial charge in [-0.05, 0) is 55.0 Å². The first-order chi connectivity index (χ1) is 10.2. The van der Waals surface area contributed by atoms with Gasteiger partial charge in [-0.15, -0.1) is 0 Å². The summed E-state index contributed by atoms with van der Waals surface area (Å²) in [5, 5.41) is 7.54. The van der Waals surface area contributed by atoms with Crippen LogP contribution in [-0.4, -0.2) is 11.7 Å². The Kier molecular flexibility index (Phi) is 5.84. The van der Waals surface area contributed by atoms with Crippen LogP contribution in [-0.2, 0) is 6.54 Å². The summed E-state index contributed by atoms with van der Waals surface area (Å²) < 4.78 is 5.39. The van der Waals surface area contributed by atoms with Crippen molar-refractivity contribution in [2.75, 3.05) is 11.9 Å². The third-order valence-corrected chi connectivity index (χ3v) is 3.44. The molecule has 21 heavy (non-hydrogen) atoms. The molecule has 0 radical (unpaired) electrons. The summed E-state index contributed by atoms with van der Waals surface area (Å²) in [6, 6.07) is 15.3. The van der Waals surface area contributed by atoms with Crippen LogP contribution in [0.3, 0.4) is 0 Å². The molecule has 0 aromatic heterocycles. The maximum Gasteiger partial charge on any atom is 0.171 e. The highest BCUT2D eigenvalue weighted by Crippen LogP contribution is 2.16. The zero-order valence-electron chi connectivity index (χ0n) is 11.7. The van der Waals surface area contributed by atoms with E-state index in [-0.39, 0.29) is 0 Å². The van der Waals surface area contributed by atoms with Gasteiger partial charge in [0, 0.05) is 17.3 Å². The molecule has 110 valence electrons. The van der Waals surface area contributed by atoms with E-state index in [1.807, 2.05) is 55.5 Å². The monoisotopic (exact) mass is 320 g/mol. The molecule has 3 nitrogen and oxygen atoms in total. The minimum absolute atomic E-state index is 0.555. The fraction of sp³-hybridized carbons (Fsp3) is 0.188. The molecule has 0 spiro atoms. The number of ether oxygens (including phenoxy) is 1. The molecule has 2 aromatic rings. The van der Waals surface area contributed by atoms with Crippen LogP contribution in [0.4, 0.5) is 5.69 Å². The molecule has 0 saturated heterocycles. The second kappa shape index (κ2) is 7.86. The number of hydrogen-bond acceptors (Lipinski definition) is 2. The Balaban J connectivity index is 1.85. The number of nitrogens with one attached hydrogen (secondary N) is 2. The highest BCUT2D eigenvalue weighted by Gasteiger charge is 2.01. The lowest BCUT2D eigenvalue weighted by Crippen LogP contribution is -2.27. The van der Waals surface area contributed by atoms with Crippen molar-refractivity contribution in [3.63, 3.8) is 0 Å². The van der Waals surface area contributed by atoms with Gasteiger partial charge in [0.15, 0.2) is 5.11 Å². The van der Waals surface area contributed by atoms with E-state index in [0.29, 0.717) is 18.3 Å². The number of rotatable bonds is 5. The smallest absolute Gasteiger partial charge is 0.171 e. The molecular formula is C16H17ClN2OS. The van der Waals surface area contributed by atoms with Crippen molar-refractivity contribution in [2.45, 2.75) is 13.5 Å². The van der Waals surface area contributed by atoms with Crippen molar-refractivity contribution in [3.8, 4) is 5.75 Å². The maximum absolute atomic E-state index is 6.10. The SMILES string of the molecule is CCOc1ccc(NC(=S)NCc2ccccc2Cl)cc1. The predicted molar refractivity (Wildman–Crippen MR) is 92.1 cm³/mol. The van der Waals surface area contributed by atoms with Gasteiger partial charge in [0.1, 0.15) is 5.75 Å². The molecule has 0 fully saturated rings. The summed E-state index contributed by atoms with van der Waals surface area (Å²) in [6.07, 6.45) is 0. The van der Waals surface area contributed by atoms with Gasteiger partial charge in [-0.1, -0.05) is 29.8 Å². The van der Waals surface area contributed by atoms with E-state index in [1.165, 1.54) is 0 Å². The molecule has 0 aliphatic carbocycles. The van der Waals surface area contributed by atoms with E-state index in [0.717, 1.165) is 22.0 Å². The minimum Gasteiger partial charge on any atom is -0.494 e. The number of halogens is 1. The lowest BCUT2D eigenvalue weighted by atomic mass is 10.2. The Morgan fingerprint density at radius 3 is 2.52 bits per heavy atom. The van der Waals surface area contributed by atoms with Crippen molar-refractivity contribution in [1.82, 2.24) is 5.32 Å². The topological polar surface area (TPSA) is 33.3 Å². The van der Waals surface area contributed by atoms with E-state index in [4.69, 9.17) is 28.6 Å². The second-order valence-corrected chi connectivity index (χ2v) is 5.17. The molecule has 0 aliphatic rings. The van der Waals surface area contributed by atoms with Crippen LogP contribution in [0.15, 0.2) is 48.5 Å². The zero-order chi connectivity index (χ0) is 15.1. The average Bonchev–Trinajstić information content (AvgIpc) is 2.49. The molecule has 0 aliphatic heterocycles. The van der Waals surface area contributed by atoms with E-state index in [1.54, 1.807) is 0 Å². The van der Waals surface area contributed by atoms with Crippen LogP contribution in [0, 0.1) is 0 Å². The molecule has 0 heterocycles. The van der Waals surface area contributed by atoms with Crippen molar-refractivity contribution in [2.24, 2.45) is 0 Å². The Morgan fingerprint density at radius 2 is 1.86 bits per heavy atom. The van der Waals surface area contributed by atoms with Crippen molar-refractivity contribution >= 4 is 34.6 Å². The molecule has 0 saturated carbocycles. The third-order valence-electron chi connectivity index (χ3n) is 2.82. The van der Waals surface area contributed by atoms with E-state index >= 15 is 0 Å². The van der Waals surface area contributed by atoms with Gasteiger partial charge in [0.25, 0.3) is 0 Å². The standard InChI is InChI=1S/C16H17ClN2OS/c1-2-20-14-9-7-13(8-10-14)19-16(21)18-11-12-5-3-4-6-15(12)17/h3-10H,2,11H2,1H3,(H2,18,19,21). The highest BCUT2D eigenvalue weighted by atomic mass is 35.5. The highest BCUT2D eigenvalue weighted by molar-refractivity contribution is 7.80. The first-order valence-electron chi connectivity index (χ1n) is 6.70. The van der Waals surface area contributed by atoms with Crippen LogP contribution in [0.25, 0.3) is 0 Å². The zero-order valence-corrected chi connectivity index (χ0v) is 13.3. The number of benzene rings is 2. The summed E-state index contributed by atoms with van der Waals surface area (Å²) in [6.45, 7) is 3.20. The van der Waals surface area contributed by atoms with Crippen LogP contribution in [0.1, 0.15) is 12.5 Å². The molecule has 0 amide bonds. The van der Waals surface area contributed by atoms with Crippen molar-refractivity contribution in [1.29, 1.82) is 0 Å². The summed E-state index contributed by atoms with van der Waals surface area (Å²) in [7, 11) is 0. The summed E-state index contributed by atoms with van der Waals surface area (Å²) in [4.78, 5) is 0. The maximum atomic E-state index is 6.10. The fourth-order valence-corrected chi connectivity index (χ4v) is 2.19. The quantitative estimate of drug-likeness (QED) is 0.808. The predicted octanol–water partition coefficient (Wildman–Crippen LogP) is 4.23. The normalized spacial score (nSPS) is 10.0. The Morgan fingerprint density at radius 1 is 1.14 bits per heavy atom. The second-order valence-electron chi connectivity index (χ2n) is 4.36. The van der Waals surface area contributed by atoms with Gasteiger partial charge in [-0.25, -0.2) is 0 Å². The molecule has 0 bridgehead atoms. The van der Waals surface area contributed by atoms with Gasteiger partial charge in [0.05, 0.1) is 6.61 Å². The molecule has 0 atom stereocenters. The van der Waals surface area contributed by atoms with Crippen LogP contribution >= 0.6 is 23.8 Å². The summed E-state index contributed by atoms with van der Waals surface area (Å²) in [5.41, 5.74) is 1.92. The third kappa shape index (κ3) is 4.92. The Bertz CT molecular complexity index is 601. The molecule has 2 aromatic carbocycles. The molecule has 5 heteroatoms. The first kappa shape index (κ1) is 15.6. The van der Waals surface area contributed by atoms with Crippen LogP contribution in [0.2, 0.25) is 5.02 Å². The van der Waals surface area contributed by atoms with Crippen molar-refractivity contribution in [3.05, 3.63) is 59.1 Å². The van der Waals surface area contributed by atoms with Gasteiger partial charge in [0.2, 0.25) is 0 Å². The first-order valence-corrected chi connectivity index (χ1v) is 7.49. The van der Waals surface area contributed by atoms with Crippen LogP contribution < -0.4 is 15.4 Å². The van der Waals surface area contributed by atoms with E-state index in [9.17, 15) is 0 Å². The minimum atomic E-state index is 0.555. The number of anilines is 1. The van der Waals surface area contributed by atoms with Gasteiger partial charge in [-0.3, -0.25) is 0 Å². The molecule has 0 unspecified atom stereocenters. The Hall–Kier alpha value is -1.78. The largest absolute Gasteiger partial charge is 0.494 e. The lowest BCUT2D eigenvalue weighted by Gasteiger charge is -2.12. The van der Waals surface area contributed by atoms with Gasteiger partial charge in [-0.2, -0.15) is 0 Å².